The van der Waals surface area contributed by atoms with Crippen LogP contribution in [0.25, 0.3) is 93.8 Å². The summed E-state index contributed by atoms with van der Waals surface area (Å²) in [5.41, 5.74) is 13.5. The Morgan fingerprint density at radius 2 is 1.08 bits per heavy atom. The van der Waals surface area contributed by atoms with E-state index < -0.39 is 0 Å². The molecule has 12 rings (SSSR count). The van der Waals surface area contributed by atoms with E-state index in [1.54, 1.807) is 0 Å². The summed E-state index contributed by atoms with van der Waals surface area (Å²) in [5, 5.41) is 7.06. The Balaban J connectivity index is 1.17. The first-order valence-corrected chi connectivity index (χ1v) is 20.7. The van der Waals surface area contributed by atoms with Crippen LogP contribution < -0.4 is 4.90 Å². The van der Waals surface area contributed by atoms with Crippen LogP contribution in [0.1, 0.15) is 0 Å². The molecule has 0 unspecified atom stereocenters. The van der Waals surface area contributed by atoms with Gasteiger partial charge in [-0.3, -0.25) is 0 Å². The molecule has 0 aliphatic heterocycles. The smallest absolute Gasteiger partial charge is 0.227 e. The molecule has 0 amide bonds. The number of oxazole rings is 1. The molecule has 61 heavy (non-hydrogen) atoms. The molecule has 0 N–H and O–H groups in total. The number of fused-ring (bicyclic) bond motifs is 7. The van der Waals surface area contributed by atoms with Crippen LogP contribution in [0.3, 0.4) is 0 Å². The lowest BCUT2D eigenvalue weighted by Gasteiger charge is -2.29. The Hall–Kier alpha value is -8.21. The van der Waals surface area contributed by atoms with Crippen molar-refractivity contribution in [3.8, 4) is 39.4 Å². The highest BCUT2D eigenvalue weighted by Crippen LogP contribution is 2.50. The van der Waals surface area contributed by atoms with E-state index in [1.807, 2.05) is 36.4 Å². The minimum absolute atomic E-state index is 0.603. The molecule has 0 radical (unpaired) electrons. The molecule has 2 heterocycles. The van der Waals surface area contributed by atoms with E-state index in [2.05, 4.69) is 198 Å². The predicted octanol–water partition coefficient (Wildman–Crippen LogP) is 15.7. The first kappa shape index (κ1) is 34.8. The van der Waals surface area contributed by atoms with Crippen molar-refractivity contribution in [3.05, 3.63) is 224 Å². The van der Waals surface area contributed by atoms with Crippen molar-refractivity contribution in [2.24, 2.45) is 0 Å². The zero-order valence-electron chi connectivity index (χ0n) is 33.1. The zero-order chi connectivity index (χ0) is 40.3. The monoisotopic (exact) mass is 779 g/mol. The van der Waals surface area contributed by atoms with E-state index in [0.717, 1.165) is 66.8 Å². The fraction of sp³-hybridized carbons (Fsp3) is 0. The SMILES string of the molecule is c1ccc(-c2ccc3cc(N(c4ccccc4-c4cccc5nc(-c6ccccc6)oc45)c4cc5ccccc5c5c4c4ccccc4n5-c4ccccc4)ccc3c2)cc1. The average molecular weight is 780 g/mol. The Labute approximate surface area is 352 Å². The summed E-state index contributed by atoms with van der Waals surface area (Å²) in [6.45, 7) is 0. The van der Waals surface area contributed by atoms with Crippen molar-refractivity contribution >= 4 is 71.5 Å². The number of rotatable bonds is 7. The molecular formula is C57H37N3O. The Morgan fingerprint density at radius 3 is 1.92 bits per heavy atom. The third-order valence-corrected chi connectivity index (χ3v) is 12.0. The minimum Gasteiger partial charge on any atom is -0.435 e. The quantitative estimate of drug-likeness (QED) is 0.162. The maximum absolute atomic E-state index is 6.70. The summed E-state index contributed by atoms with van der Waals surface area (Å²) in [7, 11) is 0. The van der Waals surface area contributed by atoms with Crippen LogP contribution in [-0.4, -0.2) is 9.55 Å². The van der Waals surface area contributed by atoms with E-state index in [4.69, 9.17) is 9.40 Å². The molecule has 0 atom stereocenters. The molecule has 286 valence electrons. The van der Waals surface area contributed by atoms with Gasteiger partial charge in [-0.2, -0.15) is 0 Å². The van der Waals surface area contributed by atoms with E-state index >= 15 is 0 Å². The maximum Gasteiger partial charge on any atom is 0.227 e. The van der Waals surface area contributed by atoms with Gasteiger partial charge in [0.1, 0.15) is 5.52 Å². The van der Waals surface area contributed by atoms with Crippen molar-refractivity contribution in [2.75, 3.05) is 4.90 Å². The van der Waals surface area contributed by atoms with Gasteiger partial charge in [0.15, 0.2) is 5.58 Å². The molecule has 12 aromatic rings. The summed E-state index contributed by atoms with van der Waals surface area (Å²) in [5.74, 6) is 0.603. The van der Waals surface area contributed by atoms with Gasteiger partial charge < -0.3 is 13.9 Å². The Morgan fingerprint density at radius 1 is 0.426 bits per heavy atom. The summed E-state index contributed by atoms with van der Waals surface area (Å²) in [4.78, 5) is 7.44. The zero-order valence-corrected chi connectivity index (χ0v) is 33.1. The standard InChI is InChI=1S/C57H37N3O/c1-4-17-38(18-5-1)40-31-32-42-36-45(34-33-41(42)35-40)59(51-29-14-12-25-47(51)48-27-16-28-50-56(48)61-57(58-50)39-19-6-2-7-20-39)53-37-43-21-10-11-24-46(43)55-54(53)49-26-13-15-30-52(49)60(55)44-22-8-3-9-23-44/h1-37H. The molecule has 0 saturated carbocycles. The number of aromatic nitrogens is 2. The van der Waals surface area contributed by atoms with Gasteiger partial charge in [-0.25, -0.2) is 4.98 Å². The molecule has 0 saturated heterocycles. The van der Waals surface area contributed by atoms with Crippen LogP contribution in [0.4, 0.5) is 17.1 Å². The highest BCUT2D eigenvalue weighted by molar-refractivity contribution is 6.25. The molecule has 0 aliphatic carbocycles. The van der Waals surface area contributed by atoms with Crippen LogP contribution in [0, 0.1) is 0 Å². The van der Waals surface area contributed by atoms with E-state index in [0.29, 0.717) is 5.89 Å². The summed E-state index contributed by atoms with van der Waals surface area (Å²) >= 11 is 0. The first-order valence-electron chi connectivity index (χ1n) is 20.7. The van der Waals surface area contributed by atoms with Gasteiger partial charge in [0.2, 0.25) is 5.89 Å². The van der Waals surface area contributed by atoms with Gasteiger partial charge >= 0.3 is 0 Å². The van der Waals surface area contributed by atoms with Crippen molar-refractivity contribution < 1.29 is 4.42 Å². The number of hydrogen-bond acceptors (Lipinski definition) is 3. The second-order valence-corrected chi connectivity index (χ2v) is 15.5. The topological polar surface area (TPSA) is 34.2 Å². The molecule has 4 heteroatoms. The summed E-state index contributed by atoms with van der Waals surface area (Å²) in [6.07, 6.45) is 0. The fourth-order valence-corrected chi connectivity index (χ4v) is 9.19. The Kier molecular flexibility index (Phi) is 8.13. The molecule has 0 spiro atoms. The molecule has 2 aromatic heterocycles. The molecule has 0 bridgehead atoms. The van der Waals surface area contributed by atoms with Gasteiger partial charge in [0.05, 0.1) is 22.4 Å². The van der Waals surface area contributed by atoms with Gasteiger partial charge in [-0.1, -0.05) is 158 Å². The lowest BCUT2D eigenvalue weighted by molar-refractivity contribution is 0.621. The lowest BCUT2D eigenvalue weighted by Crippen LogP contribution is -2.12. The second kappa shape index (κ2) is 14.3. The Bertz CT molecular complexity index is 3590. The van der Waals surface area contributed by atoms with Gasteiger partial charge in [0, 0.05) is 44.2 Å². The number of para-hydroxylation sites is 4. The van der Waals surface area contributed by atoms with Crippen LogP contribution in [0.2, 0.25) is 0 Å². The van der Waals surface area contributed by atoms with Crippen LogP contribution in [-0.2, 0) is 0 Å². The fourth-order valence-electron chi connectivity index (χ4n) is 9.19. The van der Waals surface area contributed by atoms with E-state index in [1.165, 1.54) is 38.2 Å². The second-order valence-electron chi connectivity index (χ2n) is 15.5. The average Bonchev–Trinajstić information content (AvgIpc) is 3.93. The highest BCUT2D eigenvalue weighted by Gasteiger charge is 2.26. The van der Waals surface area contributed by atoms with Crippen molar-refractivity contribution in [1.29, 1.82) is 0 Å². The number of benzene rings is 10. The summed E-state index contributed by atoms with van der Waals surface area (Å²) < 4.78 is 9.13. The van der Waals surface area contributed by atoms with Gasteiger partial charge in [0.25, 0.3) is 0 Å². The van der Waals surface area contributed by atoms with E-state index in [-0.39, 0.29) is 0 Å². The van der Waals surface area contributed by atoms with E-state index in [9.17, 15) is 0 Å². The molecule has 4 nitrogen and oxygen atoms in total. The van der Waals surface area contributed by atoms with Crippen molar-refractivity contribution in [1.82, 2.24) is 9.55 Å². The number of hydrogen-bond donors (Lipinski definition) is 0. The van der Waals surface area contributed by atoms with Crippen LogP contribution in [0.5, 0.6) is 0 Å². The first-order chi connectivity index (χ1) is 30.3. The third kappa shape index (κ3) is 5.80. The highest BCUT2D eigenvalue weighted by atomic mass is 16.3. The number of anilines is 3. The minimum atomic E-state index is 0.603. The summed E-state index contributed by atoms with van der Waals surface area (Å²) in [6, 6.07) is 80.1. The van der Waals surface area contributed by atoms with Crippen LogP contribution in [0.15, 0.2) is 229 Å². The third-order valence-electron chi connectivity index (χ3n) is 12.0. The molecule has 0 aliphatic rings. The lowest BCUT2D eigenvalue weighted by atomic mass is 9.97. The van der Waals surface area contributed by atoms with Crippen LogP contribution >= 0.6 is 0 Å². The van der Waals surface area contributed by atoms with Gasteiger partial charge in [-0.05, 0) is 94.0 Å². The molecular weight excluding hydrogens is 743 g/mol. The largest absolute Gasteiger partial charge is 0.435 e. The number of nitrogens with zero attached hydrogens (tertiary/aromatic N) is 3. The molecule has 10 aromatic carbocycles. The normalized spacial score (nSPS) is 11.6. The van der Waals surface area contributed by atoms with Crippen molar-refractivity contribution in [2.45, 2.75) is 0 Å². The molecule has 0 fully saturated rings. The predicted molar refractivity (Wildman–Crippen MR) is 254 cm³/mol. The van der Waals surface area contributed by atoms with Crippen molar-refractivity contribution in [3.63, 3.8) is 0 Å². The maximum atomic E-state index is 6.70. The van der Waals surface area contributed by atoms with Gasteiger partial charge in [-0.15, -0.1) is 0 Å².